The van der Waals surface area contributed by atoms with Crippen LogP contribution < -0.4 is 4.74 Å². The molecule has 24 heavy (non-hydrogen) atoms. The van der Waals surface area contributed by atoms with Gasteiger partial charge in [0.2, 0.25) is 0 Å². The van der Waals surface area contributed by atoms with E-state index in [1.165, 1.54) is 10.6 Å². The van der Waals surface area contributed by atoms with Gasteiger partial charge in [-0.3, -0.25) is 0 Å². The highest BCUT2D eigenvalue weighted by molar-refractivity contribution is 9.09. The van der Waals surface area contributed by atoms with Crippen LogP contribution in [0.15, 0.2) is 12.1 Å². The Morgan fingerprint density at radius 2 is 2.08 bits per heavy atom. The minimum Gasteiger partial charge on any atom is -0.493 e. The second kappa shape index (κ2) is 5.91. The van der Waals surface area contributed by atoms with Crippen molar-refractivity contribution < 1.29 is 23.0 Å². The predicted molar refractivity (Wildman–Crippen MR) is 87.6 cm³/mol. The van der Waals surface area contributed by atoms with Crippen molar-refractivity contribution >= 4 is 27.0 Å². The summed E-state index contributed by atoms with van der Waals surface area (Å²) in [6.45, 7) is 1.99. The van der Waals surface area contributed by atoms with Crippen LogP contribution in [0, 0.1) is 0 Å². The van der Waals surface area contributed by atoms with Crippen LogP contribution in [0.3, 0.4) is 0 Å². The third-order valence-electron chi connectivity index (χ3n) is 4.37. The van der Waals surface area contributed by atoms with E-state index in [2.05, 4.69) is 20.9 Å². The number of fused-ring (bicyclic) bond motifs is 1. The van der Waals surface area contributed by atoms with E-state index in [-0.39, 0.29) is 29.3 Å². The highest BCUT2D eigenvalue weighted by Gasteiger charge is 2.42. The third-order valence-corrected chi connectivity index (χ3v) is 4.69. The van der Waals surface area contributed by atoms with E-state index in [1.807, 2.05) is 0 Å². The maximum Gasteiger partial charge on any atom is 0.418 e. The Hall–Kier alpha value is -1.28. The van der Waals surface area contributed by atoms with Gasteiger partial charge in [0.05, 0.1) is 28.8 Å². The number of benzene rings is 1. The van der Waals surface area contributed by atoms with Gasteiger partial charge < -0.3 is 14.4 Å². The van der Waals surface area contributed by atoms with E-state index >= 15 is 0 Å². The first-order valence-corrected chi connectivity index (χ1v) is 8.73. The van der Waals surface area contributed by atoms with Crippen LogP contribution in [0.4, 0.5) is 13.2 Å². The number of halogens is 4. The zero-order valence-corrected chi connectivity index (χ0v) is 14.9. The van der Waals surface area contributed by atoms with Gasteiger partial charge >= 0.3 is 6.18 Å². The standard InChI is InChI=1S/C16H18BrF3N2O2/c1-15(23)7-9(8-15)14-21-12-6-10(24-4-3-17)5-11(16(18,19)20)13(12)22(14)2/h5-6,9,23H,3-4,7-8H2,1-2H3. The van der Waals surface area contributed by atoms with Gasteiger partial charge in [0.1, 0.15) is 11.6 Å². The number of aryl methyl sites for hydroxylation is 1. The molecule has 1 aliphatic rings. The van der Waals surface area contributed by atoms with Crippen LogP contribution >= 0.6 is 15.9 Å². The summed E-state index contributed by atoms with van der Waals surface area (Å²) in [6, 6.07) is 2.56. The highest BCUT2D eigenvalue weighted by atomic mass is 79.9. The molecule has 0 saturated heterocycles. The Bertz CT molecular complexity index is 763. The Labute approximate surface area is 145 Å². The average molecular weight is 407 g/mol. The molecular formula is C16H18BrF3N2O2. The van der Waals surface area contributed by atoms with E-state index in [4.69, 9.17) is 4.74 Å². The number of nitrogens with zero attached hydrogens (tertiary/aromatic N) is 2. The molecule has 0 aliphatic heterocycles. The van der Waals surface area contributed by atoms with Gasteiger partial charge in [0, 0.05) is 24.4 Å². The fourth-order valence-corrected chi connectivity index (χ4v) is 3.51. The third kappa shape index (κ3) is 3.13. The van der Waals surface area contributed by atoms with Crippen LogP contribution in [0.2, 0.25) is 0 Å². The molecule has 0 spiro atoms. The minimum absolute atomic E-state index is 0.0367. The number of hydrogen-bond acceptors (Lipinski definition) is 3. The fourth-order valence-electron chi connectivity index (χ4n) is 3.35. The van der Waals surface area contributed by atoms with Gasteiger partial charge in [-0.05, 0) is 25.8 Å². The van der Waals surface area contributed by atoms with E-state index in [9.17, 15) is 18.3 Å². The lowest BCUT2D eigenvalue weighted by Gasteiger charge is -2.40. The Balaban J connectivity index is 2.10. The average Bonchev–Trinajstić information content (AvgIpc) is 2.77. The molecule has 3 rings (SSSR count). The van der Waals surface area contributed by atoms with Crippen LogP contribution in [0.1, 0.15) is 37.1 Å². The van der Waals surface area contributed by atoms with E-state index < -0.39 is 17.3 Å². The van der Waals surface area contributed by atoms with Crippen molar-refractivity contribution in [3.63, 3.8) is 0 Å². The predicted octanol–water partition coefficient (Wildman–Crippen LogP) is 3.99. The number of imidazole rings is 1. The lowest BCUT2D eigenvalue weighted by Crippen LogP contribution is -2.40. The minimum atomic E-state index is -4.50. The number of hydrogen-bond donors (Lipinski definition) is 1. The summed E-state index contributed by atoms with van der Waals surface area (Å²) in [5, 5.41) is 10.4. The summed E-state index contributed by atoms with van der Waals surface area (Å²) in [7, 11) is 1.59. The Morgan fingerprint density at radius 1 is 1.42 bits per heavy atom. The highest BCUT2D eigenvalue weighted by Crippen LogP contribution is 2.46. The van der Waals surface area contributed by atoms with Gasteiger partial charge in [0.15, 0.2) is 0 Å². The topological polar surface area (TPSA) is 47.3 Å². The van der Waals surface area contributed by atoms with E-state index in [0.717, 1.165) is 6.07 Å². The number of ether oxygens (including phenoxy) is 1. The summed E-state index contributed by atoms with van der Waals surface area (Å²) in [5.41, 5.74) is -1.20. The van der Waals surface area contributed by atoms with Crippen molar-refractivity contribution in [3.05, 3.63) is 23.5 Å². The van der Waals surface area contributed by atoms with Crippen molar-refractivity contribution in [1.29, 1.82) is 0 Å². The number of alkyl halides is 4. The Morgan fingerprint density at radius 3 is 2.62 bits per heavy atom. The van der Waals surface area contributed by atoms with Crippen LogP contribution in [0.5, 0.6) is 5.75 Å². The molecule has 1 N–H and O–H groups in total. The first-order valence-electron chi connectivity index (χ1n) is 7.61. The molecule has 4 nitrogen and oxygen atoms in total. The molecule has 0 unspecified atom stereocenters. The monoisotopic (exact) mass is 406 g/mol. The molecular weight excluding hydrogens is 389 g/mol. The van der Waals surface area contributed by atoms with Crippen LogP contribution in [-0.2, 0) is 13.2 Å². The van der Waals surface area contributed by atoms with Crippen LogP contribution in [0.25, 0.3) is 11.0 Å². The van der Waals surface area contributed by atoms with Gasteiger partial charge in [0.25, 0.3) is 0 Å². The van der Waals surface area contributed by atoms with Crippen molar-refractivity contribution in [3.8, 4) is 5.75 Å². The first kappa shape index (κ1) is 17.5. The van der Waals surface area contributed by atoms with Gasteiger partial charge in [-0.15, -0.1) is 0 Å². The molecule has 8 heteroatoms. The molecule has 1 aromatic carbocycles. The van der Waals surface area contributed by atoms with E-state index in [0.29, 0.717) is 24.0 Å². The summed E-state index contributed by atoms with van der Waals surface area (Å²) >= 11 is 3.19. The molecule has 1 saturated carbocycles. The van der Waals surface area contributed by atoms with Crippen molar-refractivity contribution in [2.24, 2.45) is 7.05 Å². The smallest absolute Gasteiger partial charge is 0.418 e. The van der Waals surface area contributed by atoms with Crippen molar-refractivity contribution in [2.75, 3.05) is 11.9 Å². The molecule has 132 valence electrons. The summed E-state index contributed by atoms with van der Waals surface area (Å²) in [5.74, 6) is 0.685. The molecule has 0 bridgehead atoms. The lowest BCUT2D eigenvalue weighted by molar-refractivity contribution is -0.136. The number of aromatic nitrogens is 2. The molecule has 2 aromatic rings. The molecule has 1 fully saturated rings. The maximum absolute atomic E-state index is 13.5. The van der Waals surface area contributed by atoms with Gasteiger partial charge in [-0.25, -0.2) is 4.98 Å². The summed E-state index contributed by atoms with van der Waals surface area (Å²) in [6.07, 6.45) is -3.50. The molecule has 0 atom stereocenters. The van der Waals surface area contributed by atoms with E-state index in [1.54, 1.807) is 14.0 Å². The quantitative estimate of drug-likeness (QED) is 0.780. The molecule has 0 amide bonds. The summed E-state index contributed by atoms with van der Waals surface area (Å²) in [4.78, 5) is 4.40. The zero-order chi connectivity index (χ0) is 17.7. The SMILES string of the molecule is Cn1c(C2CC(C)(O)C2)nc2cc(OCCBr)cc(C(F)(F)F)c21. The fraction of sp³-hybridized carbons (Fsp3) is 0.562. The second-order valence-corrected chi connectivity index (χ2v) is 7.30. The molecule has 1 heterocycles. The number of rotatable bonds is 4. The van der Waals surface area contributed by atoms with Gasteiger partial charge in [-0.1, -0.05) is 15.9 Å². The van der Waals surface area contributed by atoms with Gasteiger partial charge in [-0.2, -0.15) is 13.2 Å². The summed E-state index contributed by atoms with van der Waals surface area (Å²) < 4.78 is 47.3. The Kier molecular flexibility index (Phi) is 4.32. The first-order chi connectivity index (χ1) is 11.1. The molecule has 1 aliphatic carbocycles. The van der Waals surface area contributed by atoms with Crippen molar-refractivity contribution in [2.45, 2.75) is 37.5 Å². The number of aliphatic hydroxyl groups is 1. The van der Waals surface area contributed by atoms with Crippen molar-refractivity contribution in [1.82, 2.24) is 9.55 Å². The second-order valence-electron chi connectivity index (χ2n) is 6.50. The largest absolute Gasteiger partial charge is 0.493 e. The molecule has 1 aromatic heterocycles. The van der Waals surface area contributed by atoms with Crippen LogP contribution in [-0.4, -0.2) is 32.2 Å². The maximum atomic E-state index is 13.5. The zero-order valence-electron chi connectivity index (χ0n) is 13.3. The lowest BCUT2D eigenvalue weighted by atomic mass is 9.72. The normalized spacial score (nSPS) is 24.2. The molecule has 0 radical (unpaired) electrons.